The van der Waals surface area contributed by atoms with E-state index in [1.54, 1.807) is 17.1 Å². The fourth-order valence-corrected chi connectivity index (χ4v) is 3.55. The molecule has 2 aliphatic heterocycles. The van der Waals surface area contributed by atoms with E-state index >= 15 is 0 Å². The topological polar surface area (TPSA) is 77.0 Å². The zero-order chi connectivity index (χ0) is 20.2. The van der Waals surface area contributed by atoms with Crippen molar-refractivity contribution in [2.24, 2.45) is 5.10 Å². The maximum absolute atomic E-state index is 13.1. The summed E-state index contributed by atoms with van der Waals surface area (Å²) in [5.41, 5.74) is 5.23. The van der Waals surface area contributed by atoms with E-state index in [1.807, 2.05) is 30.3 Å². The van der Waals surface area contributed by atoms with Crippen LogP contribution in [0.2, 0.25) is 0 Å². The van der Waals surface area contributed by atoms with Gasteiger partial charge in [-0.25, -0.2) is 14.8 Å². The molecule has 2 aromatic rings. The van der Waals surface area contributed by atoms with Crippen LogP contribution < -0.4 is 10.7 Å². The van der Waals surface area contributed by atoms with E-state index in [0.29, 0.717) is 13.0 Å². The summed E-state index contributed by atoms with van der Waals surface area (Å²) < 4.78 is 13.1. The Bertz CT molecular complexity index is 903. The summed E-state index contributed by atoms with van der Waals surface area (Å²) in [5, 5.41) is 9.79. The van der Waals surface area contributed by atoms with Crippen LogP contribution >= 0.6 is 0 Å². The number of halogens is 1. The van der Waals surface area contributed by atoms with Crippen molar-refractivity contribution < 1.29 is 14.0 Å². The van der Waals surface area contributed by atoms with Crippen molar-refractivity contribution in [1.29, 1.82) is 0 Å². The molecule has 2 aromatic carbocycles. The molecule has 0 aromatic heterocycles. The normalized spacial score (nSPS) is 20.7. The molecular weight excluding hydrogens is 373 g/mol. The first-order valence-electron chi connectivity index (χ1n) is 9.56. The Hall–Kier alpha value is -3.26. The molecule has 0 spiro atoms. The van der Waals surface area contributed by atoms with Crippen molar-refractivity contribution in [3.8, 4) is 0 Å². The second kappa shape index (κ2) is 8.40. The molecule has 2 N–H and O–H groups in total. The van der Waals surface area contributed by atoms with Crippen molar-refractivity contribution >= 4 is 18.2 Å². The highest BCUT2D eigenvalue weighted by molar-refractivity contribution is 5.91. The molecule has 0 radical (unpaired) electrons. The van der Waals surface area contributed by atoms with E-state index in [-0.39, 0.29) is 30.2 Å². The van der Waals surface area contributed by atoms with Gasteiger partial charge >= 0.3 is 0 Å². The molecule has 7 nitrogen and oxygen atoms in total. The van der Waals surface area contributed by atoms with Crippen LogP contribution in [-0.4, -0.2) is 47.3 Å². The third-order valence-corrected chi connectivity index (χ3v) is 5.10. The van der Waals surface area contributed by atoms with Gasteiger partial charge in [-0.2, -0.15) is 5.10 Å². The number of nitrogens with zero attached hydrogens (tertiary/aromatic N) is 3. The van der Waals surface area contributed by atoms with Crippen LogP contribution in [0.1, 0.15) is 23.6 Å². The molecule has 2 aliphatic rings. The summed E-state index contributed by atoms with van der Waals surface area (Å²) in [4.78, 5) is 25.0. The second-order valence-corrected chi connectivity index (χ2v) is 7.10. The molecule has 4 rings (SSSR count). The Morgan fingerprint density at radius 1 is 1.17 bits per heavy atom. The Morgan fingerprint density at radius 3 is 2.69 bits per heavy atom. The maximum Gasteiger partial charge on any atom is 0.267 e. The molecule has 29 heavy (non-hydrogen) atoms. The zero-order valence-electron chi connectivity index (χ0n) is 15.8. The smallest absolute Gasteiger partial charge is 0.267 e. The molecule has 1 saturated heterocycles. The van der Waals surface area contributed by atoms with E-state index < -0.39 is 6.04 Å². The van der Waals surface area contributed by atoms with Crippen molar-refractivity contribution in [1.82, 2.24) is 20.8 Å². The number of hydrogen-bond acceptors (Lipinski definition) is 5. The molecule has 1 fully saturated rings. The quantitative estimate of drug-likeness (QED) is 0.779. The number of hydrogen-bond donors (Lipinski definition) is 2. The molecule has 8 heteroatoms. The average molecular weight is 395 g/mol. The molecule has 2 amide bonds. The SMILES string of the molecule is O=C(CN1N=CN2NC(c3ccc(F)cc3)CC2C1=O)NCCc1ccccc1. The molecule has 0 bridgehead atoms. The first kappa shape index (κ1) is 19.1. The molecular formula is C21H22FN5O2. The number of hydrazine groups is 1. The molecule has 0 aliphatic carbocycles. The van der Waals surface area contributed by atoms with Crippen LogP contribution in [0.15, 0.2) is 59.7 Å². The van der Waals surface area contributed by atoms with Crippen molar-refractivity contribution in [2.45, 2.75) is 24.9 Å². The van der Waals surface area contributed by atoms with Crippen LogP contribution in [0.25, 0.3) is 0 Å². The lowest BCUT2D eigenvalue weighted by molar-refractivity contribution is -0.140. The Morgan fingerprint density at radius 2 is 1.93 bits per heavy atom. The monoisotopic (exact) mass is 395 g/mol. The van der Waals surface area contributed by atoms with Gasteiger partial charge in [0.15, 0.2) is 0 Å². The van der Waals surface area contributed by atoms with E-state index in [1.165, 1.54) is 23.5 Å². The molecule has 2 heterocycles. The lowest BCUT2D eigenvalue weighted by Gasteiger charge is -2.29. The highest BCUT2D eigenvalue weighted by Crippen LogP contribution is 2.29. The second-order valence-electron chi connectivity index (χ2n) is 7.10. The largest absolute Gasteiger partial charge is 0.354 e. The number of carbonyl (C=O) groups is 2. The molecule has 0 saturated carbocycles. The zero-order valence-corrected chi connectivity index (χ0v) is 15.8. The third-order valence-electron chi connectivity index (χ3n) is 5.10. The highest BCUT2D eigenvalue weighted by atomic mass is 19.1. The van der Waals surface area contributed by atoms with Gasteiger partial charge in [0, 0.05) is 6.54 Å². The number of rotatable bonds is 6. The van der Waals surface area contributed by atoms with E-state index in [9.17, 15) is 14.0 Å². The number of hydrazone groups is 1. The average Bonchev–Trinajstić information content (AvgIpc) is 3.17. The molecule has 2 unspecified atom stereocenters. The minimum atomic E-state index is -0.445. The van der Waals surface area contributed by atoms with Gasteiger partial charge in [0.05, 0.1) is 6.04 Å². The molecule has 2 atom stereocenters. The number of carbonyl (C=O) groups excluding carboxylic acids is 2. The summed E-state index contributed by atoms with van der Waals surface area (Å²) in [6.45, 7) is 0.383. The Balaban J connectivity index is 1.30. The van der Waals surface area contributed by atoms with Gasteiger partial charge < -0.3 is 5.32 Å². The summed E-state index contributed by atoms with van der Waals surface area (Å²) in [5.74, 6) is -0.782. The van der Waals surface area contributed by atoms with Gasteiger partial charge in [-0.05, 0) is 36.1 Å². The third kappa shape index (κ3) is 4.43. The van der Waals surface area contributed by atoms with Crippen molar-refractivity contribution in [2.75, 3.05) is 13.1 Å². The minimum absolute atomic E-state index is 0.115. The van der Waals surface area contributed by atoms with Gasteiger partial charge in [-0.15, -0.1) is 0 Å². The highest BCUT2D eigenvalue weighted by Gasteiger charge is 2.41. The standard InChI is InChI=1S/C21H22FN5O2/c22-17-8-6-16(7-9-17)18-12-19-21(29)26(24-14-27(19)25-18)13-20(28)23-11-10-15-4-2-1-3-5-15/h1-9,14,18-19,25H,10-13H2,(H,23,28). The predicted octanol–water partition coefficient (Wildman–Crippen LogP) is 1.59. The Kier molecular flexibility index (Phi) is 5.53. The summed E-state index contributed by atoms with van der Waals surface area (Å²) in [7, 11) is 0. The lowest BCUT2D eigenvalue weighted by atomic mass is 10.0. The van der Waals surface area contributed by atoms with Gasteiger partial charge in [0.2, 0.25) is 5.91 Å². The molecule has 150 valence electrons. The summed E-state index contributed by atoms with van der Waals surface area (Å²) in [6, 6.07) is 15.5. The summed E-state index contributed by atoms with van der Waals surface area (Å²) >= 11 is 0. The maximum atomic E-state index is 13.1. The van der Waals surface area contributed by atoms with Crippen LogP contribution in [-0.2, 0) is 16.0 Å². The van der Waals surface area contributed by atoms with Gasteiger partial charge in [0.1, 0.15) is 24.7 Å². The number of fused-ring (bicyclic) bond motifs is 1. The fourth-order valence-electron chi connectivity index (χ4n) is 3.55. The van der Waals surface area contributed by atoms with E-state index in [2.05, 4.69) is 15.8 Å². The van der Waals surface area contributed by atoms with Crippen LogP contribution in [0, 0.1) is 5.82 Å². The van der Waals surface area contributed by atoms with Crippen molar-refractivity contribution in [3.05, 3.63) is 71.5 Å². The van der Waals surface area contributed by atoms with Crippen LogP contribution in [0.4, 0.5) is 4.39 Å². The summed E-state index contributed by atoms with van der Waals surface area (Å²) in [6.07, 6.45) is 2.76. The minimum Gasteiger partial charge on any atom is -0.354 e. The van der Waals surface area contributed by atoms with Crippen LogP contribution in [0.3, 0.4) is 0 Å². The van der Waals surface area contributed by atoms with Gasteiger partial charge in [0.25, 0.3) is 5.91 Å². The first-order chi connectivity index (χ1) is 14.1. The number of nitrogens with one attached hydrogen (secondary N) is 2. The van der Waals surface area contributed by atoms with Gasteiger partial charge in [-0.1, -0.05) is 42.5 Å². The van der Waals surface area contributed by atoms with Gasteiger partial charge in [-0.3, -0.25) is 14.6 Å². The predicted molar refractivity (Wildman–Crippen MR) is 106 cm³/mol. The van der Waals surface area contributed by atoms with Crippen molar-refractivity contribution in [3.63, 3.8) is 0 Å². The Labute approximate surface area is 168 Å². The van der Waals surface area contributed by atoms with E-state index in [4.69, 9.17) is 0 Å². The first-order valence-corrected chi connectivity index (χ1v) is 9.56. The number of benzene rings is 2. The fraction of sp³-hybridized carbons (Fsp3) is 0.286. The van der Waals surface area contributed by atoms with E-state index in [0.717, 1.165) is 17.5 Å². The lowest BCUT2D eigenvalue weighted by Crippen LogP contribution is -2.52. The van der Waals surface area contributed by atoms with Crippen LogP contribution in [0.5, 0.6) is 0 Å². The number of amides is 2.